The fourth-order valence-corrected chi connectivity index (χ4v) is 5.54. The Balaban J connectivity index is 1.31. The molecule has 4 aromatic heterocycles. The molecule has 7 heteroatoms. The van der Waals surface area contributed by atoms with E-state index < -0.39 is 0 Å². The highest BCUT2D eigenvalue weighted by Gasteiger charge is 2.14. The second kappa shape index (κ2) is 11.4. The van der Waals surface area contributed by atoms with Crippen molar-refractivity contribution in [1.29, 1.82) is 0 Å². The molecule has 1 saturated heterocycles. The molecule has 0 aliphatic carbocycles. The van der Waals surface area contributed by atoms with E-state index in [0.717, 1.165) is 74.5 Å². The Morgan fingerprint density at radius 3 is 2.65 bits per heavy atom. The number of rotatable bonds is 8. The predicted molar refractivity (Wildman–Crippen MR) is 160 cm³/mol. The average molecular weight is 533 g/mol. The molecule has 6 rings (SSSR count). The Bertz CT molecular complexity index is 1770. The quantitative estimate of drug-likeness (QED) is 0.278. The first-order chi connectivity index (χ1) is 19.6. The van der Waals surface area contributed by atoms with Crippen LogP contribution in [-0.4, -0.2) is 49.7 Å². The molecule has 0 spiro atoms. The molecule has 40 heavy (non-hydrogen) atoms. The number of allylic oxidation sites excluding steroid dienone is 1. The van der Waals surface area contributed by atoms with E-state index in [0.29, 0.717) is 0 Å². The van der Waals surface area contributed by atoms with E-state index in [1.807, 2.05) is 31.6 Å². The van der Waals surface area contributed by atoms with Gasteiger partial charge in [-0.3, -0.25) is 15.1 Å². The molecule has 0 saturated carbocycles. The van der Waals surface area contributed by atoms with Gasteiger partial charge in [-0.25, -0.2) is 4.39 Å². The van der Waals surface area contributed by atoms with E-state index in [-0.39, 0.29) is 5.82 Å². The maximum absolute atomic E-state index is 13.5. The Hall–Kier alpha value is -4.36. The Morgan fingerprint density at radius 1 is 1.05 bits per heavy atom. The summed E-state index contributed by atoms with van der Waals surface area (Å²) in [6, 6.07) is 10.8. The number of aromatic nitrogens is 5. The molecule has 2 N–H and O–H groups in total. The summed E-state index contributed by atoms with van der Waals surface area (Å²) in [5.74, 6) is -0.262. The van der Waals surface area contributed by atoms with Crippen LogP contribution in [-0.2, 0) is 6.42 Å². The van der Waals surface area contributed by atoms with Crippen LogP contribution >= 0.6 is 0 Å². The van der Waals surface area contributed by atoms with Gasteiger partial charge in [-0.05, 0) is 105 Å². The number of fused-ring (bicyclic) bond motifs is 1. The summed E-state index contributed by atoms with van der Waals surface area (Å²) in [6.45, 7) is 9.98. The van der Waals surface area contributed by atoms with Crippen LogP contribution in [0.25, 0.3) is 51.1 Å². The van der Waals surface area contributed by atoms with Crippen molar-refractivity contribution in [2.45, 2.75) is 32.6 Å². The van der Waals surface area contributed by atoms with Crippen molar-refractivity contribution in [3.8, 4) is 22.5 Å². The summed E-state index contributed by atoms with van der Waals surface area (Å²) in [5.41, 5.74) is 7.50. The van der Waals surface area contributed by atoms with Crippen LogP contribution in [0, 0.1) is 5.82 Å². The normalized spacial score (nSPS) is 14.9. The van der Waals surface area contributed by atoms with Gasteiger partial charge in [-0.15, -0.1) is 0 Å². The summed E-state index contributed by atoms with van der Waals surface area (Å²) in [7, 11) is 0. The monoisotopic (exact) mass is 532 g/mol. The van der Waals surface area contributed by atoms with Gasteiger partial charge in [0.05, 0.1) is 22.8 Å². The van der Waals surface area contributed by atoms with Crippen molar-refractivity contribution in [1.82, 2.24) is 30.0 Å². The number of pyridine rings is 2. The summed E-state index contributed by atoms with van der Waals surface area (Å²) in [4.78, 5) is 15.0. The van der Waals surface area contributed by atoms with Crippen LogP contribution in [0.4, 0.5) is 4.39 Å². The number of likely N-dealkylation sites (tertiary alicyclic amines) is 1. The zero-order valence-electron chi connectivity index (χ0n) is 22.8. The van der Waals surface area contributed by atoms with Crippen molar-refractivity contribution < 1.29 is 4.39 Å². The number of nitrogens with zero attached hydrogens (tertiary/aromatic N) is 4. The summed E-state index contributed by atoms with van der Waals surface area (Å²) in [6.07, 6.45) is 16.3. The minimum Gasteiger partial charge on any atom is -0.352 e. The summed E-state index contributed by atoms with van der Waals surface area (Å²) in [5, 5.41) is 10.7. The zero-order valence-corrected chi connectivity index (χ0v) is 22.8. The lowest BCUT2D eigenvalue weighted by Gasteiger charge is -2.14. The van der Waals surface area contributed by atoms with Crippen LogP contribution in [0.1, 0.15) is 37.3 Å². The topological polar surface area (TPSA) is 73.5 Å². The minimum atomic E-state index is -0.262. The fourth-order valence-electron chi connectivity index (χ4n) is 5.54. The Kier molecular flexibility index (Phi) is 7.38. The molecule has 0 radical (unpaired) electrons. The number of aromatic amines is 2. The van der Waals surface area contributed by atoms with Gasteiger partial charge in [-0.2, -0.15) is 5.10 Å². The largest absolute Gasteiger partial charge is 0.352 e. The van der Waals surface area contributed by atoms with E-state index in [4.69, 9.17) is 0 Å². The molecular formula is C33H33FN6. The first kappa shape index (κ1) is 25.9. The number of aryl methyl sites for hydroxylation is 1. The highest BCUT2D eigenvalue weighted by Crippen LogP contribution is 2.30. The zero-order chi connectivity index (χ0) is 27.5. The average Bonchev–Trinajstić information content (AvgIpc) is 3.73. The molecule has 0 amide bonds. The number of hydrogen-bond acceptors (Lipinski definition) is 4. The number of H-pyrrole nitrogens is 2. The minimum absolute atomic E-state index is 0.262. The van der Waals surface area contributed by atoms with Crippen LogP contribution in [0.5, 0.6) is 0 Å². The van der Waals surface area contributed by atoms with E-state index >= 15 is 0 Å². The van der Waals surface area contributed by atoms with Crippen LogP contribution in [0.2, 0.25) is 0 Å². The maximum atomic E-state index is 13.5. The standard InChI is InChI=1S/C33H33FN6/c1-3-30-28(15-22(2)25-16-23(18-35-19-25)7-6-14-40-12-4-5-13-40)33(39-38-30)31-17-27-29(20-36-21-32(27)37-31)24-8-10-26(34)11-9-24/h3,8-11,15-21,37-38H,2,4-7,12-14H2,1H3/b28-15+,30-3+. The van der Waals surface area contributed by atoms with Gasteiger partial charge in [-0.1, -0.05) is 24.8 Å². The van der Waals surface area contributed by atoms with E-state index in [9.17, 15) is 4.39 Å². The third-order valence-electron chi connectivity index (χ3n) is 7.70. The molecule has 1 aliphatic rings. The van der Waals surface area contributed by atoms with Crippen LogP contribution in [0.3, 0.4) is 0 Å². The van der Waals surface area contributed by atoms with Crippen molar-refractivity contribution in [2.75, 3.05) is 19.6 Å². The second-order valence-corrected chi connectivity index (χ2v) is 10.4. The molecule has 6 nitrogen and oxygen atoms in total. The Morgan fingerprint density at radius 2 is 1.85 bits per heavy atom. The van der Waals surface area contributed by atoms with Gasteiger partial charge in [0.25, 0.3) is 0 Å². The molecule has 0 unspecified atom stereocenters. The molecule has 1 aromatic carbocycles. The van der Waals surface area contributed by atoms with Gasteiger partial charge in [0.1, 0.15) is 11.5 Å². The van der Waals surface area contributed by atoms with Crippen LogP contribution < -0.4 is 10.6 Å². The molecule has 0 bridgehead atoms. The predicted octanol–water partition coefficient (Wildman–Crippen LogP) is 5.48. The maximum Gasteiger partial charge on any atom is 0.123 e. The van der Waals surface area contributed by atoms with Crippen LogP contribution in [0.15, 0.2) is 67.8 Å². The number of halogens is 1. The molecule has 1 aliphatic heterocycles. The van der Waals surface area contributed by atoms with Gasteiger partial charge in [0.2, 0.25) is 0 Å². The van der Waals surface area contributed by atoms with Crippen molar-refractivity contribution in [2.24, 2.45) is 0 Å². The smallest absolute Gasteiger partial charge is 0.123 e. The lowest BCUT2D eigenvalue weighted by Crippen LogP contribution is -2.23. The number of benzene rings is 1. The Labute approximate surface area is 233 Å². The molecular weight excluding hydrogens is 499 g/mol. The van der Waals surface area contributed by atoms with E-state index in [1.54, 1.807) is 18.3 Å². The highest BCUT2D eigenvalue weighted by atomic mass is 19.1. The molecule has 202 valence electrons. The van der Waals surface area contributed by atoms with Gasteiger partial charge < -0.3 is 9.88 Å². The molecule has 5 aromatic rings. The van der Waals surface area contributed by atoms with Crippen molar-refractivity contribution in [3.63, 3.8) is 0 Å². The first-order valence-corrected chi connectivity index (χ1v) is 13.9. The summed E-state index contributed by atoms with van der Waals surface area (Å²) >= 11 is 0. The highest BCUT2D eigenvalue weighted by molar-refractivity contribution is 5.97. The molecule has 1 fully saturated rings. The van der Waals surface area contributed by atoms with Gasteiger partial charge in [0, 0.05) is 34.8 Å². The lowest BCUT2D eigenvalue weighted by atomic mass is 10.0. The van der Waals surface area contributed by atoms with Gasteiger partial charge >= 0.3 is 0 Å². The number of nitrogens with one attached hydrogen (secondary N) is 2. The third kappa shape index (κ3) is 5.38. The van der Waals surface area contributed by atoms with Gasteiger partial charge in [0.15, 0.2) is 0 Å². The lowest BCUT2D eigenvalue weighted by molar-refractivity contribution is 0.334. The van der Waals surface area contributed by atoms with E-state index in [2.05, 4.69) is 54.8 Å². The summed E-state index contributed by atoms with van der Waals surface area (Å²) < 4.78 is 13.5. The van der Waals surface area contributed by atoms with Crippen molar-refractivity contribution >= 4 is 28.6 Å². The molecule has 5 heterocycles. The van der Waals surface area contributed by atoms with E-state index in [1.165, 1.54) is 43.6 Å². The molecule has 0 atom stereocenters. The second-order valence-electron chi connectivity index (χ2n) is 10.4. The number of hydrogen-bond donors (Lipinski definition) is 2. The SMILES string of the molecule is C=C(/C=c1/c(-c2cc3c(-c4ccc(F)cc4)cncc3[nH]2)n[nH]/c1=C/C)c1cncc(CCCN2CCCC2)c1. The van der Waals surface area contributed by atoms with Crippen molar-refractivity contribution in [3.05, 3.63) is 95.3 Å². The fraction of sp³-hybridized carbons (Fsp3) is 0.242. The first-order valence-electron chi connectivity index (χ1n) is 13.9. The third-order valence-corrected chi connectivity index (χ3v) is 7.70.